The highest BCUT2D eigenvalue weighted by Crippen LogP contribution is 2.59. The second kappa shape index (κ2) is 19.8. The molecule has 14 aromatic carbocycles. The van der Waals surface area contributed by atoms with E-state index in [9.17, 15) is 0 Å². The van der Waals surface area contributed by atoms with Crippen LogP contribution in [0.1, 0.15) is 44.5 Å². The van der Waals surface area contributed by atoms with Gasteiger partial charge in [-0.25, -0.2) is 0 Å². The van der Waals surface area contributed by atoms with Crippen molar-refractivity contribution in [2.75, 3.05) is 4.90 Å². The number of fused-ring (bicyclic) bond motifs is 10. The first-order chi connectivity index (χ1) is 42.7. The predicted molar refractivity (Wildman–Crippen MR) is 358 cm³/mol. The van der Waals surface area contributed by atoms with E-state index in [0.29, 0.717) is 0 Å². The van der Waals surface area contributed by atoms with Gasteiger partial charge in [0, 0.05) is 33.1 Å². The topological polar surface area (TPSA) is 8.17 Å². The van der Waals surface area contributed by atoms with E-state index in [0.717, 1.165) is 50.5 Å². The standard InChI is InChI=1S/C84H56N2/c1-5-28-59(29-6-1)83(60-30-7-2-8-31-60)76-44-22-18-40-69(76)74-55-63(50-53-77(74)83)86-81-46-24-20-42-72(81)73-51-48-58(54-82(73)86)65-36-15-16-38-67(65)71-41-19-23-45-80(71)85(79-47-25-27-57-26-13-14-37-66(57)79)64-49-52-70-68-39-17-21-43-75(68)84(78(70)56-64,61-32-9-3-10-33-61)62-34-11-4-12-35-62/h1-56H. The van der Waals surface area contributed by atoms with Crippen LogP contribution >= 0.6 is 0 Å². The van der Waals surface area contributed by atoms with Crippen LogP contribution in [0.15, 0.2) is 340 Å². The Labute approximate surface area is 501 Å². The molecule has 15 aromatic rings. The number of anilines is 3. The fraction of sp³-hybridized carbons (Fsp3) is 0.0238. The molecule has 0 aliphatic heterocycles. The molecule has 1 heterocycles. The molecule has 0 saturated heterocycles. The van der Waals surface area contributed by atoms with Gasteiger partial charge >= 0.3 is 0 Å². The van der Waals surface area contributed by atoms with Crippen molar-refractivity contribution in [1.82, 2.24) is 4.57 Å². The lowest BCUT2D eigenvalue weighted by molar-refractivity contribution is 0.768. The molecule has 0 fully saturated rings. The van der Waals surface area contributed by atoms with Crippen molar-refractivity contribution in [1.29, 1.82) is 0 Å². The minimum Gasteiger partial charge on any atom is -0.309 e. The van der Waals surface area contributed by atoms with Gasteiger partial charge in [0.2, 0.25) is 0 Å². The monoisotopic (exact) mass is 1090 g/mol. The van der Waals surface area contributed by atoms with E-state index >= 15 is 0 Å². The average Bonchev–Trinajstić information content (AvgIpc) is 1.61. The van der Waals surface area contributed by atoms with Crippen LogP contribution in [0.2, 0.25) is 0 Å². The van der Waals surface area contributed by atoms with Crippen LogP contribution in [0.3, 0.4) is 0 Å². The van der Waals surface area contributed by atoms with Crippen LogP contribution in [-0.4, -0.2) is 4.57 Å². The molecule has 402 valence electrons. The number of rotatable bonds is 10. The fourth-order valence-electron chi connectivity index (χ4n) is 15.2. The Kier molecular flexibility index (Phi) is 11.4. The molecule has 2 heteroatoms. The van der Waals surface area contributed by atoms with Gasteiger partial charge in [0.25, 0.3) is 0 Å². The van der Waals surface area contributed by atoms with Gasteiger partial charge in [0.05, 0.1) is 33.2 Å². The van der Waals surface area contributed by atoms with Gasteiger partial charge < -0.3 is 9.47 Å². The summed E-state index contributed by atoms with van der Waals surface area (Å²) in [6.45, 7) is 0. The van der Waals surface area contributed by atoms with Crippen molar-refractivity contribution in [3.8, 4) is 50.2 Å². The zero-order valence-electron chi connectivity index (χ0n) is 47.2. The van der Waals surface area contributed by atoms with Crippen molar-refractivity contribution in [2.45, 2.75) is 10.8 Å². The summed E-state index contributed by atoms with van der Waals surface area (Å²) in [4.78, 5) is 2.52. The van der Waals surface area contributed by atoms with Crippen LogP contribution in [0, 0.1) is 0 Å². The molecule has 0 unspecified atom stereocenters. The Balaban J connectivity index is 0.858. The highest BCUT2D eigenvalue weighted by atomic mass is 15.1. The number of benzene rings is 14. The molecule has 0 saturated carbocycles. The Morgan fingerprint density at radius 1 is 0.244 bits per heavy atom. The zero-order chi connectivity index (χ0) is 56.8. The Morgan fingerprint density at radius 3 is 1.37 bits per heavy atom. The summed E-state index contributed by atoms with van der Waals surface area (Å²) >= 11 is 0. The Morgan fingerprint density at radius 2 is 0.709 bits per heavy atom. The summed E-state index contributed by atoms with van der Waals surface area (Å²) in [7, 11) is 0. The van der Waals surface area contributed by atoms with Crippen LogP contribution in [-0.2, 0) is 10.8 Å². The van der Waals surface area contributed by atoms with Crippen LogP contribution in [0.25, 0.3) is 82.8 Å². The van der Waals surface area contributed by atoms with E-state index in [2.05, 4.69) is 349 Å². The second-order valence-corrected chi connectivity index (χ2v) is 23.0. The van der Waals surface area contributed by atoms with Crippen molar-refractivity contribution in [3.63, 3.8) is 0 Å². The molecule has 2 aliphatic rings. The molecule has 0 N–H and O–H groups in total. The van der Waals surface area contributed by atoms with E-state index in [1.165, 1.54) is 93.8 Å². The average molecular weight is 1090 g/mol. The third-order valence-corrected chi connectivity index (χ3v) is 18.8. The lowest BCUT2D eigenvalue weighted by Crippen LogP contribution is -2.28. The highest BCUT2D eigenvalue weighted by molar-refractivity contribution is 6.11. The van der Waals surface area contributed by atoms with E-state index in [1.807, 2.05) is 0 Å². The van der Waals surface area contributed by atoms with E-state index in [1.54, 1.807) is 0 Å². The number of hydrogen-bond acceptors (Lipinski definition) is 1. The van der Waals surface area contributed by atoms with Crippen molar-refractivity contribution in [2.24, 2.45) is 0 Å². The van der Waals surface area contributed by atoms with Crippen LogP contribution < -0.4 is 4.90 Å². The summed E-state index contributed by atoms with van der Waals surface area (Å²) in [5.41, 5.74) is 25.5. The second-order valence-electron chi connectivity index (χ2n) is 23.0. The normalized spacial score (nSPS) is 13.3. The molecular weight excluding hydrogens is 1040 g/mol. The quantitative estimate of drug-likeness (QED) is 0.132. The summed E-state index contributed by atoms with van der Waals surface area (Å²) in [6.07, 6.45) is 0. The molecule has 2 nitrogen and oxygen atoms in total. The number of para-hydroxylation sites is 2. The molecule has 1 aromatic heterocycles. The van der Waals surface area contributed by atoms with Crippen LogP contribution in [0.5, 0.6) is 0 Å². The fourth-order valence-corrected chi connectivity index (χ4v) is 15.2. The molecular formula is C84H56N2. The van der Waals surface area contributed by atoms with Gasteiger partial charge in [0.15, 0.2) is 0 Å². The van der Waals surface area contributed by atoms with Gasteiger partial charge in [-0.1, -0.05) is 291 Å². The number of hydrogen-bond donors (Lipinski definition) is 0. The molecule has 17 rings (SSSR count). The zero-order valence-corrected chi connectivity index (χ0v) is 47.2. The van der Waals surface area contributed by atoms with E-state index < -0.39 is 10.8 Å². The summed E-state index contributed by atoms with van der Waals surface area (Å²) in [5.74, 6) is 0. The Bertz CT molecular complexity index is 5030. The highest BCUT2D eigenvalue weighted by Gasteiger charge is 2.48. The lowest BCUT2D eigenvalue weighted by Gasteiger charge is -2.35. The van der Waals surface area contributed by atoms with Gasteiger partial charge in [-0.05, 0) is 137 Å². The third-order valence-electron chi connectivity index (χ3n) is 18.8. The molecule has 0 radical (unpaired) electrons. The molecule has 86 heavy (non-hydrogen) atoms. The van der Waals surface area contributed by atoms with Gasteiger partial charge in [-0.2, -0.15) is 0 Å². The Hall–Kier alpha value is -11.1. The van der Waals surface area contributed by atoms with E-state index in [4.69, 9.17) is 0 Å². The van der Waals surface area contributed by atoms with Crippen LogP contribution in [0.4, 0.5) is 17.1 Å². The van der Waals surface area contributed by atoms with Gasteiger partial charge in [-0.15, -0.1) is 0 Å². The summed E-state index contributed by atoms with van der Waals surface area (Å²) in [5, 5.41) is 4.81. The van der Waals surface area contributed by atoms with Crippen molar-refractivity contribution >= 4 is 49.6 Å². The smallest absolute Gasteiger partial charge is 0.0714 e. The van der Waals surface area contributed by atoms with E-state index in [-0.39, 0.29) is 0 Å². The molecule has 0 bridgehead atoms. The predicted octanol–water partition coefficient (Wildman–Crippen LogP) is 21.5. The molecule has 0 spiro atoms. The summed E-state index contributed by atoms with van der Waals surface area (Å²) in [6, 6.07) is 127. The largest absolute Gasteiger partial charge is 0.309 e. The lowest BCUT2D eigenvalue weighted by atomic mass is 9.67. The molecule has 0 amide bonds. The van der Waals surface area contributed by atoms with Crippen molar-refractivity contribution in [3.05, 3.63) is 384 Å². The first-order valence-electron chi connectivity index (χ1n) is 29.9. The number of nitrogens with zero attached hydrogens (tertiary/aromatic N) is 2. The third kappa shape index (κ3) is 7.27. The van der Waals surface area contributed by atoms with Gasteiger partial charge in [-0.3, -0.25) is 0 Å². The first kappa shape index (κ1) is 49.5. The number of aromatic nitrogens is 1. The maximum absolute atomic E-state index is 2.52. The molecule has 0 atom stereocenters. The minimum absolute atomic E-state index is 0.481. The SMILES string of the molecule is c1ccc(C2(c3ccccc3)c3ccccc3-c3cc(-n4c5ccccc5c5ccc(-c6ccccc6-c6ccccc6N(c6ccc7c(c6)C(c6ccccc6)(c6ccccc6)c6ccccc6-7)c6cccc7ccccc67)cc54)ccc32)cc1. The molecule has 2 aliphatic carbocycles. The van der Waals surface area contributed by atoms with Crippen molar-refractivity contribution < 1.29 is 0 Å². The maximum atomic E-state index is 2.52. The summed E-state index contributed by atoms with van der Waals surface area (Å²) < 4.78 is 2.50. The minimum atomic E-state index is -0.568. The maximum Gasteiger partial charge on any atom is 0.0714 e. The van der Waals surface area contributed by atoms with Gasteiger partial charge in [0.1, 0.15) is 0 Å². The first-order valence-corrected chi connectivity index (χ1v) is 29.9.